The molecule has 0 bridgehead atoms. The first-order chi connectivity index (χ1) is 10.1. The maximum atomic E-state index is 11.5. The van der Waals surface area contributed by atoms with Gasteiger partial charge in [-0.25, -0.2) is 9.59 Å². The summed E-state index contributed by atoms with van der Waals surface area (Å²) < 4.78 is 5.02. The van der Waals surface area contributed by atoms with Crippen LogP contribution in [0.25, 0.3) is 0 Å². The van der Waals surface area contributed by atoms with Crippen molar-refractivity contribution in [2.75, 3.05) is 6.54 Å². The second kappa shape index (κ2) is 7.09. The average Bonchev–Trinajstić information content (AvgIpc) is 2.95. The summed E-state index contributed by atoms with van der Waals surface area (Å²) in [5.74, 6) is -0.907. The number of urea groups is 1. The largest absolute Gasteiger partial charge is 0.475 e. The van der Waals surface area contributed by atoms with E-state index >= 15 is 0 Å². The van der Waals surface area contributed by atoms with Crippen LogP contribution >= 0.6 is 0 Å². The summed E-state index contributed by atoms with van der Waals surface area (Å²) >= 11 is 0. The zero-order chi connectivity index (χ0) is 15.1. The second-order valence-electron chi connectivity index (χ2n) is 4.25. The van der Waals surface area contributed by atoms with E-state index in [1.807, 2.05) is 18.2 Å². The molecule has 0 aromatic carbocycles. The Balaban J connectivity index is 1.68. The van der Waals surface area contributed by atoms with Crippen molar-refractivity contribution in [3.05, 3.63) is 53.7 Å². The number of carboxylic acid groups (broad SMARTS) is 1. The number of carbonyl (C=O) groups is 2. The maximum absolute atomic E-state index is 11.5. The maximum Gasteiger partial charge on any atom is 0.371 e. The minimum atomic E-state index is -1.14. The first-order valence-corrected chi connectivity index (χ1v) is 6.39. The number of carboxylic acids is 1. The van der Waals surface area contributed by atoms with Crippen LogP contribution in [0, 0.1) is 0 Å². The highest BCUT2D eigenvalue weighted by Gasteiger charge is 2.09. The summed E-state index contributed by atoms with van der Waals surface area (Å²) in [6.45, 7) is 0.587. The molecular weight excluding hydrogens is 274 g/mol. The minimum Gasteiger partial charge on any atom is -0.475 e. The number of hydrogen-bond donors (Lipinski definition) is 3. The standard InChI is InChI=1S/C14H15N3O4/c18-13(19)12-5-4-11(21-12)9-17-14(20)16-8-6-10-3-1-2-7-15-10/h1-5,7H,6,8-9H2,(H,18,19)(H2,16,17,20). The van der Waals surface area contributed by atoms with Crippen LogP contribution in [0.1, 0.15) is 22.0 Å². The zero-order valence-electron chi connectivity index (χ0n) is 11.2. The fourth-order valence-corrected chi connectivity index (χ4v) is 1.67. The lowest BCUT2D eigenvalue weighted by molar-refractivity contribution is 0.0660. The molecular formula is C14H15N3O4. The number of aromatic carboxylic acids is 1. The molecule has 21 heavy (non-hydrogen) atoms. The van der Waals surface area contributed by atoms with Crippen LogP contribution in [0.3, 0.4) is 0 Å². The van der Waals surface area contributed by atoms with E-state index in [1.54, 1.807) is 6.20 Å². The van der Waals surface area contributed by atoms with Gasteiger partial charge in [-0.3, -0.25) is 4.98 Å². The topological polar surface area (TPSA) is 104 Å². The molecule has 2 amide bonds. The number of amides is 2. The molecule has 0 spiro atoms. The lowest BCUT2D eigenvalue weighted by Crippen LogP contribution is -2.36. The Morgan fingerprint density at radius 1 is 1.19 bits per heavy atom. The van der Waals surface area contributed by atoms with Gasteiger partial charge < -0.3 is 20.2 Å². The third-order valence-electron chi connectivity index (χ3n) is 2.69. The summed E-state index contributed by atoms with van der Waals surface area (Å²) in [5, 5.41) is 14.0. The SMILES string of the molecule is O=C(NCCc1ccccn1)NCc1ccc(C(=O)O)o1. The van der Waals surface area contributed by atoms with E-state index in [0.29, 0.717) is 18.7 Å². The van der Waals surface area contributed by atoms with Gasteiger partial charge in [-0.2, -0.15) is 0 Å². The Morgan fingerprint density at radius 2 is 2.05 bits per heavy atom. The van der Waals surface area contributed by atoms with Crippen molar-refractivity contribution in [1.82, 2.24) is 15.6 Å². The Morgan fingerprint density at radius 3 is 2.71 bits per heavy atom. The summed E-state index contributed by atoms with van der Waals surface area (Å²) in [4.78, 5) is 26.3. The number of nitrogens with one attached hydrogen (secondary N) is 2. The van der Waals surface area contributed by atoms with Gasteiger partial charge in [0.05, 0.1) is 6.54 Å². The molecule has 3 N–H and O–H groups in total. The van der Waals surface area contributed by atoms with Crippen LogP contribution in [0.5, 0.6) is 0 Å². The number of pyridine rings is 1. The van der Waals surface area contributed by atoms with Crippen molar-refractivity contribution in [2.45, 2.75) is 13.0 Å². The van der Waals surface area contributed by atoms with E-state index in [1.165, 1.54) is 12.1 Å². The molecule has 0 aliphatic carbocycles. The lowest BCUT2D eigenvalue weighted by Gasteiger charge is -2.06. The Kier molecular flexibility index (Phi) is 4.92. The van der Waals surface area contributed by atoms with Crippen molar-refractivity contribution < 1.29 is 19.1 Å². The number of furan rings is 1. The van der Waals surface area contributed by atoms with E-state index in [2.05, 4.69) is 15.6 Å². The van der Waals surface area contributed by atoms with Crippen molar-refractivity contribution in [3.8, 4) is 0 Å². The van der Waals surface area contributed by atoms with Crippen molar-refractivity contribution in [1.29, 1.82) is 0 Å². The normalized spacial score (nSPS) is 10.1. The first kappa shape index (κ1) is 14.6. The van der Waals surface area contributed by atoms with Gasteiger partial charge in [-0.1, -0.05) is 6.07 Å². The van der Waals surface area contributed by atoms with Crippen molar-refractivity contribution in [2.24, 2.45) is 0 Å². The van der Waals surface area contributed by atoms with E-state index in [9.17, 15) is 9.59 Å². The molecule has 110 valence electrons. The van der Waals surface area contributed by atoms with Gasteiger partial charge in [-0.15, -0.1) is 0 Å². The number of hydrogen-bond acceptors (Lipinski definition) is 4. The van der Waals surface area contributed by atoms with Crippen LogP contribution in [-0.4, -0.2) is 28.6 Å². The van der Waals surface area contributed by atoms with Gasteiger partial charge in [0.15, 0.2) is 0 Å². The zero-order valence-corrected chi connectivity index (χ0v) is 11.2. The minimum absolute atomic E-state index is 0.128. The molecule has 0 saturated carbocycles. The van der Waals surface area contributed by atoms with Gasteiger partial charge in [0, 0.05) is 24.9 Å². The Hall–Kier alpha value is -2.83. The average molecular weight is 289 g/mol. The smallest absolute Gasteiger partial charge is 0.371 e. The highest BCUT2D eigenvalue weighted by atomic mass is 16.4. The first-order valence-electron chi connectivity index (χ1n) is 6.39. The highest BCUT2D eigenvalue weighted by Crippen LogP contribution is 2.07. The molecule has 0 fully saturated rings. The van der Waals surface area contributed by atoms with Gasteiger partial charge in [0.2, 0.25) is 5.76 Å². The number of aromatic nitrogens is 1. The fraction of sp³-hybridized carbons (Fsp3) is 0.214. The van der Waals surface area contributed by atoms with Gasteiger partial charge in [-0.05, 0) is 24.3 Å². The van der Waals surface area contributed by atoms with E-state index in [0.717, 1.165) is 5.69 Å². The quantitative estimate of drug-likeness (QED) is 0.746. The molecule has 2 aromatic rings. The number of carbonyl (C=O) groups excluding carboxylic acids is 1. The molecule has 7 heteroatoms. The molecule has 7 nitrogen and oxygen atoms in total. The highest BCUT2D eigenvalue weighted by molar-refractivity contribution is 5.84. The molecule has 2 rings (SSSR count). The summed E-state index contributed by atoms with van der Waals surface area (Å²) in [6, 6.07) is 8.11. The molecule has 0 saturated heterocycles. The predicted octanol–water partition coefficient (Wildman–Crippen LogP) is 1.41. The lowest BCUT2D eigenvalue weighted by atomic mass is 10.3. The van der Waals surface area contributed by atoms with E-state index in [-0.39, 0.29) is 18.3 Å². The number of rotatable bonds is 6. The molecule has 0 aliphatic heterocycles. The summed E-state index contributed by atoms with van der Waals surface area (Å²) in [6.07, 6.45) is 2.34. The van der Waals surface area contributed by atoms with Gasteiger partial charge >= 0.3 is 12.0 Å². The van der Waals surface area contributed by atoms with Gasteiger partial charge in [0.1, 0.15) is 5.76 Å². The third-order valence-corrected chi connectivity index (χ3v) is 2.69. The monoisotopic (exact) mass is 289 g/mol. The Labute approximate surface area is 121 Å². The second-order valence-corrected chi connectivity index (χ2v) is 4.25. The van der Waals surface area contributed by atoms with Crippen LogP contribution in [-0.2, 0) is 13.0 Å². The third kappa shape index (κ3) is 4.64. The number of nitrogens with zero attached hydrogens (tertiary/aromatic N) is 1. The van der Waals surface area contributed by atoms with Crippen LogP contribution in [0.4, 0.5) is 4.79 Å². The van der Waals surface area contributed by atoms with Crippen LogP contribution in [0.2, 0.25) is 0 Å². The summed E-state index contributed by atoms with van der Waals surface area (Å²) in [7, 11) is 0. The summed E-state index contributed by atoms with van der Waals surface area (Å²) in [5.41, 5.74) is 0.898. The van der Waals surface area contributed by atoms with Crippen LogP contribution in [0.15, 0.2) is 40.9 Å². The molecule has 2 heterocycles. The van der Waals surface area contributed by atoms with E-state index < -0.39 is 5.97 Å². The van der Waals surface area contributed by atoms with Gasteiger partial charge in [0.25, 0.3) is 0 Å². The van der Waals surface area contributed by atoms with E-state index in [4.69, 9.17) is 9.52 Å². The van der Waals surface area contributed by atoms with Crippen molar-refractivity contribution in [3.63, 3.8) is 0 Å². The molecule has 2 aromatic heterocycles. The molecule has 0 unspecified atom stereocenters. The molecule has 0 aliphatic rings. The predicted molar refractivity (Wildman–Crippen MR) is 73.8 cm³/mol. The van der Waals surface area contributed by atoms with Crippen molar-refractivity contribution >= 4 is 12.0 Å². The molecule has 0 radical (unpaired) electrons. The fourth-order valence-electron chi connectivity index (χ4n) is 1.67. The molecule has 0 atom stereocenters. The van der Waals surface area contributed by atoms with Crippen LogP contribution < -0.4 is 10.6 Å². The Bertz CT molecular complexity index is 610.